The molecule has 148 valence electrons. The highest BCUT2D eigenvalue weighted by atomic mass is 16.1. The first-order valence-corrected chi connectivity index (χ1v) is 9.57. The number of nitrogen functional groups attached to an aromatic ring is 1. The molecule has 29 heavy (non-hydrogen) atoms. The summed E-state index contributed by atoms with van der Waals surface area (Å²) in [5.41, 5.74) is 9.58. The van der Waals surface area contributed by atoms with Crippen LogP contribution in [0.25, 0.3) is 11.0 Å². The van der Waals surface area contributed by atoms with Gasteiger partial charge in [-0.15, -0.1) is 0 Å². The number of benzene rings is 2. The number of nitrogens with one attached hydrogen (secondary N) is 1. The van der Waals surface area contributed by atoms with E-state index in [0.717, 1.165) is 28.7 Å². The Morgan fingerprint density at radius 2 is 1.66 bits per heavy atom. The molecular weight excluding hydrogens is 366 g/mol. The molecule has 2 aromatic carbocycles. The van der Waals surface area contributed by atoms with Gasteiger partial charge in [0.1, 0.15) is 0 Å². The van der Waals surface area contributed by atoms with Crippen molar-refractivity contribution in [2.45, 2.75) is 33.4 Å². The molecule has 2 heterocycles. The number of anilines is 3. The van der Waals surface area contributed by atoms with E-state index in [4.69, 9.17) is 5.73 Å². The summed E-state index contributed by atoms with van der Waals surface area (Å²) in [6.07, 6.45) is 0.872. The van der Waals surface area contributed by atoms with Crippen LogP contribution in [0.2, 0.25) is 0 Å². The molecule has 4 rings (SSSR count). The predicted molar refractivity (Wildman–Crippen MR) is 114 cm³/mol. The van der Waals surface area contributed by atoms with E-state index in [-0.39, 0.29) is 18.2 Å². The Morgan fingerprint density at radius 1 is 0.966 bits per heavy atom. The zero-order valence-corrected chi connectivity index (χ0v) is 16.5. The zero-order chi connectivity index (χ0) is 20.4. The molecular formula is C21H23N7O. The fourth-order valence-corrected chi connectivity index (χ4v) is 3.34. The Labute approximate surface area is 168 Å². The van der Waals surface area contributed by atoms with Crippen LogP contribution >= 0.6 is 0 Å². The molecule has 0 bridgehead atoms. The van der Waals surface area contributed by atoms with E-state index < -0.39 is 0 Å². The Balaban J connectivity index is 1.70. The standard InChI is InChI=1S/C21H23N7O/c1-3-12-27-16-6-4-5-7-17(16)28(21(27)29)13-18-24-19(22)26-20(25-18)23-15-10-8-14(2)9-11-15/h4-11H,3,12-13H2,1-2H3,(H3,22,23,24,25,26). The van der Waals surface area contributed by atoms with Crippen LogP contribution in [0.15, 0.2) is 53.3 Å². The molecule has 3 N–H and O–H groups in total. The first kappa shape index (κ1) is 18.7. The van der Waals surface area contributed by atoms with Crippen LogP contribution in [0.1, 0.15) is 24.7 Å². The predicted octanol–water partition coefficient (Wildman–Crippen LogP) is 3.08. The molecule has 2 aromatic heterocycles. The average molecular weight is 389 g/mol. The van der Waals surface area contributed by atoms with Crippen molar-refractivity contribution in [2.75, 3.05) is 11.1 Å². The van der Waals surface area contributed by atoms with Crippen LogP contribution in [0, 0.1) is 6.92 Å². The Morgan fingerprint density at radius 3 is 2.34 bits per heavy atom. The number of para-hydroxylation sites is 2. The highest BCUT2D eigenvalue weighted by molar-refractivity contribution is 5.76. The smallest absolute Gasteiger partial charge is 0.329 e. The summed E-state index contributed by atoms with van der Waals surface area (Å²) in [7, 11) is 0. The van der Waals surface area contributed by atoms with Gasteiger partial charge in [-0.3, -0.25) is 9.13 Å². The molecule has 8 heteroatoms. The number of hydrogen-bond acceptors (Lipinski definition) is 6. The lowest BCUT2D eigenvalue weighted by Crippen LogP contribution is -2.25. The van der Waals surface area contributed by atoms with Gasteiger partial charge in [0.15, 0.2) is 5.82 Å². The molecule has 0 aliphatic rings. The Hall–Kier alpha value is -3.68. The summed E-state index contributed by atoms with van der Waals surface area (Å²) in [5, 5.41) is 3.14. The second-order valence-electron chi connectivity index (χ2n) is 6.93. The van der Waals surface area contributed by atoms with E-state index in [1.165, 1.54) is 0 Å². The third kappa shape index (κ3) is 3.82. The van der Waals surface area contributed by atoms with Crippen molar-refractivity contribution in [1.82, 2.24) is 24.1 Å². The third-order valence-corrected chi connectivity index (χ3v) is 4.68. The molecule has 0 aliphatic carbocycles. The summed E-state index contributed by atoms with van der Waals surface area (Å²) >= 11 is 0. The van der Waals surface area contributed by atoms with Gasteiger partial charge in [-0.05, 0) is 37.6 Å². The monoisotopic (exact) mass is 389 g/mol. The van der Waals surface area contributed by atoms with E-state index in [0.29, 0.717) is 18.3 Å². The van der Waals surface area contributed by atoms with Gasteiger partial charge < -0.3 is 11.1 Å². The van der Waals surface area contributed by atoms with Gasteiger partial charge in [-0.25, -0.2) is 4.79 Å². The fraction of sp³-hybridized carbons (Fsp3) is 0.238. The van der Waals surface area contributed by atoms with Gasteiger partial charge in [0.2, 0.25) is 11.9 Å². The van der Waals surface area contributed by atoms with Crippen molar-refractivity contribution in [3.8, 4) is 0 Å². The highest BCUT2D eigenvalue weighted by Gasteiger charge is 2.14. The molecule has 4 aromatic rings. The molecule has 0 atom stereocenters. The van der Waals surface area contributed by atoms with Crippen LogP contribution in [-0.4, -0.2) is 24.1 Å². The van der Waals surface area contributed by atoms with E-state index in [1.807, 2.05) is 62.4 Å². The fourth-order valence-electron chi connectivity index (χ4n) is 3.34. The first-order chi connectivity index (χ1) is 14.0. The zero-order valence-electron chi connectivity index (χ0n) is 16.5. The molecule has 0 aliphatic heterocycles. The Bertz CT molecular complexity index is 1210. The molecule has 0 spiro atoms. The molecule has 0 saturated heterocycles. The summed E-state index contributed by atoms with van der Waals surface area (Å²) < 4.78 is 3.46. The van der Waals surface area contributed by atoms with Crippen molar-refractivity contribution >= 4 is 28.6 Å². The van der Waals surface area contributed by atoms with Crippen LogP contribution in [0.5, 0.6) is 0 Å². The van der Waals surface area contributed by atoms with Gasteiger partial charge in [0, 0.05) is 12.2 Å². The number of imidazole rings is 1. The normalized spacial score (nSPS) is 11.1. The number of aromatic nitrogens is 5. The van der Waals surface area contributed by atoms with Crippen molar-refractivity contribution in [3.63, 3.8) is 0 Å². The van der Waals surface area contributed by atoms with Crippen molar-refractivity contribution in [2.24, 2.45) is 0 Å². The molecule has 0 fully saturated rings. The number of nitrogens with two attached hydrogens (primary N) is 1. The topological polar surface area (TPSA) is 104 Å². The summed E-state index contributed by atoms with van der Waals surface area (Å²) in [6.45, 7) is 4.95. The quantitative estimate of drug-likeness (QED) is 0.525. The maximum Gasteiger partial charge on any atom is 0.329 e. The van der Waals surface area contributed by atoms with Crippen LogP contribution in [0.3, 0.4) is 0 Å². The maximum atomic E-state index is 13.0. The molecule has 0 radical (unpaired) electrons. The number of hydrogen-bond donors (Lipinski definition) is 2. The molecule has 0 saturated carbocycles. The van der Waals surface area contributed by atoms with Crippen LogP contribution in [-0.2, 0) is 13.1 Å². The third-order valence-electron chi connectivity index (χ3n) is 4.68. The second-order valence-corrected chi connectivity index (χ2v) is 6.93. The van der Waals surface area contributed by atoms with Gasteiger partial charge >= 0.3 is 5.69 Å². The summed E-state index contributed by atoms with van der Waals surface area (Å²) in [6, 6.07) is 15.6. The van der Waals surface area contributed by atoms with E-state index in [2.05, 4.69) is 20.3 Å². The van der Waals surface area contributed by atoms with Crippen molar-refractivity contribution in [1.29, 1.82) is 0 Å². The van der Waals surface area contributed by atoms with Crippen LogP contribution < -0.4 is 16.7 Å². The van der Waals surface area contributed by atoms with Gasteiger partial charge in [-0.1, -0.05) is 36.8 Å². The lowest BCUT2D eigenvalue weighted by molar-refractivity contribution is 0.629. The van der Waals surface area contributed by atoms with Gasteiger partial charge in [-0.2, -0.15) is 15.0 Å². The summed E-state index contributed by atoms with van der Waals surface area (Å²) in [4.78, 5) is 25.8. The van der Waals surface area contributed by atoms with E-state index in [9.17, 15) is 4.79 Å². The van der Waals surface area contributed by atoms with Crippen molar-refractivity contribution in [3.05, 3.63) is 70.4 Å². The Kier molecular flexibility index (Phi) is 4.99. The van der Waals surface area contributed by atoms with Gasteiger partial charge in [0.05, 0.1) is 17.6 Å². The molecule has 8 nitrogen and oxygen atoms in total. The highest BCUT2D eigenvalue weighted by Crippen LogP contribution is 2.17. The number of nitrogens with zero attached hydrogens (tertiary/aromatic N) is 5. The lowest BCUT2D eigenvalue weighted by atomic mass is 10.2. The largest absolute Gasteiger partial charge is 0.368 e. The van der Waals surface area contributed by atoms with Gasteiger partial charge in [0.25, 0.3) is 0 Å². The molecule has 0 unspecified atom stereocenters. The summed E-state index contributed by atoms with van der Waals surface area (Å²) in [5.74, 6) is 0.880. The molecule has 0 amide bonds. The minimum atomic E-state index is -0.0833. The second kappa shape index (κ2) is 7.75. The minimum absolute atomic E-state index is 0.0833. The maximum absolute atomic E-state index is 13.0. The number of rotatable bonds is 6. The minimum Gasteiger partial charge on any atom is -0.368 e. The number of fused-ring (bicyclic) bond motifs is 1. The van der Waals surface area contributed by atoms with Crippen LogP contribution in [0.4, 0.5) is 17.6 Å². The van der Waals surface area contributed by atoms with E-state index >= 15 is 0 Å². The number of aryl methyl sites for hydroxylation is 2. The average Bonchev–Trinajstić information content (AvgIpc) is 2.96. The first-order valence-electron chi connectivity index (χ1n) is 9.57. The van der Waals surface area contributed by atoms with Crippen molar-refractivity contribution < 1.29 is 0 Å². The van der Waals surface area contributed by atoms with E-state index in [1.54, 1.807) is 9.13 Å². The lowest BCUT2D eigenvalue weighted by Gasteiger charge is -2.08. The SMILES string of the molecule is CCCn1c(=O)n(Cc2nc(N)nc(Nc3ccc(C)cc3)n2)c2ccccc21.